The van der Waals surface area contributed by atoms with Crippen LogP contribution in [0.25, 0.3) is 11.0 Å². The summed E-state index contributed by atoms with van der Waals surface area (Å²) in [5.74, 6) is 0. The maximum absolute atomic E-state index is 9.12. The molecule has 0 spiro atoms. The van der Waals surface area contributed by atoms with E-state index in [1.807, 2.05) is 31.2 Å². The third-order valence-corrected chi connectivity index (χ3v) is 3.23. The molecule has 4 heteroatoms. The van der Waals surface area contributed by atoms with Gasteiger partial charge in [0.1, 0.15) is 5.58 Å². The van der Waals surface area contributed by atoms with E-state index in [9.17, 15) is 0 Å². The lowest BCUT2D eigenvalue weighted by Gasteiger charge is -2.13. The first-order valence-corrected chi connectivity index (χ1v) is 6.14. The highest BCUT2D eigenvalue weighted by Crippen LogP contribution is 2.29. The van der Waals surface area contributed by atoms with Crippen LogP contribution in [0.1, 0.15) is 18.9 Å². The molecule has 1 heterocycles. The number of para-hydroxylation sites is 1. The first-order valence-electron chi connectivity index (χ1n) is 5.76. The zero-order chi connectivity index (χ0) is 12.3. The molecule has 0 radical (unpaired) electrons. The number of aliphatic hydroxyl groups excluding tert-OH is 1. The van der Waals surface area contributed by atoms with Gasteiger partial charge in [-0.1, -0.05) is 25.1 Å². The highest BCUT2D eigenvalue weighted by Gasteiger charge is 2.13. The number of furan rings is 1. The van der Waals surface area contributed by atoms with Crippen molar-refractivity contribution in [3.05, 3.63) is 35.0 Å². The van der Waals surface area contributed by atoms with E-state index >= 15 is 0 Å². The van der Waals surface area contributed by atoms with Crippen LogP contribution >= 0.6 is 11.6 Å². The second-order valence-corrected chi connectivity index (χ2v) is 4.36. The van der Waals surface area contributed by atoms with Gasteiger partial charge in [-0.3, -0.25) is 0 Å². The Labute approximate surface area is 105 Å². The molecular formula is C13H16ClNO2. The average molecular weight is 254 g/mol. The molecule has 0 saturated heterocycles. The normalized spacial score (nSPS) is 13.1. The van der Waals surface area contributed by atoms with Gasteiger partial charge in [-0.15, -0.1) is 0 Å². The topological polar surface area (TPSA) is 45.4 Å². The van der Waals surface area contributed by atoms with Crippen LogP contribution in [0.2, 0.25) is 5.22 Å². The van der Waals surface area contributed by atoms with E-state index in [1.165, 1.54) is 0 Å². The summed E-state index contributed by atoms with van der Waals surface area (Å²) in [6.45, 7) is 2.77. The third-order valence-electron chi connectivity index (χ3n) is 2.93. The van der Waals surface area contributed by atoms with E-state index in [0.29, 0.717) is 11.8 Å². The number of nitrogens with one attached hydrogen (secondary N) is 1. The largest absolute Gasteiger partial charge is 0.444 e. The van der Waals surface area contributed by atoms with Crippen molar-refractivity contribution in [3.63, 3.8) is 0 Å². The van der Waals surface area contributed by atoms with Crippen molar-refractivity contribution < 1.29 is 9.52 Å². The predicted molar refractivity (Wildman–Crippen MR) is 69.2 cm³/mol. The van der Waals surface area contributed by atoms with Crippen molar-refractivity contribution in [2.45, 2.75) is 25.9 Å². The van der Waals surface area contributed by atoms with Crippen molar-refractivity contribution in [2.75, 3.05) is 6.61 Å². The van der Waals surface area contributed by atoms with E-state index < -0.39 is 0 Å². The second kappa shape index (κ2) is 5.54. The number of hydrogen-bond acceptors (Lipinski definition) is 3. The summed E-state index contributed by atoms with van der Waals surface area (Å²) in [6, 6.07) is 7.86. The van der Waals surface area contributed by atoms with Crippen molar-refractivity contribution in [2.24, 2.45) is 0 Å². The summed E-state index contributed by atoms with van der Waals surface area (Å²) < 4.78 is 5.46. The summed E-state index contributed by atoms with van der Waals surface area (Å²) in [5, 5.41) is 13.8. The molecule has 2 N–H and O–H groups in total. The summed E-state index contributed by atoms with van der Waals surface area (Å²) in [5.41, 5.74) is 1.75. The molecule has 3 nitrogen and oxygen atoms in total. The highest BCUT2D eigenvalue weighted by molar-refractivity contribution is 6.30. The zero-order valence-corrected chi connectivity index (χ0v) is 10.5. The zero-order valence-electron chi connectivity index (χ0n) is 9.74. The first kappa shape index (κ1) is 12.4. The van der Waals surface area contributed by atoms with Crippen LogP contribution in [-0.4, -0.2) is 17.8 Å². The van der Waals surface area contributed by atoms with Gasteiger partial charge in [-0.25, -0.2) is 0 Å². The number of aliphatic hydroxyl groups is 1. The van der Waals surface area contributed by atoms with Gasteiger partial charge in [-0.2, -0.15) is 0 Å². The van der Waals surface area contributed by atoms with Crippen LogP contribution < -0.4 is 5.32 Å². The maximum atomic E-state index is 9.12. The first-order chi connectivity index (χ1) is 8.26. The Balaban J connectivity index is 2.20. The quantitative estimate of drug-likeness (QED) is 0.861. The molecule has 17 heavy (non-hydrogen) atoms. The highest BCUT2D eigenvalue weighted by atomic mass is 35.5. The van der Waals surface area contributed by atoms with Crippen LogP contribution in [0.15, 0.2) is 28.7 Å². The van der Waals surface area contributed by atoms with Crippen molar-refractivity contribution in [3.8, 4) is 0 Å². The van der Waals surface area contributed by atoms with E-state index in [-0.39, 0.29) is 12.6 Å². The molecule has 2 aromatic rings. The Hall–Kier alpha value is -1.03. The molecule has 0 saturated carbocycles. The van der Waals surface area contributed by atoms with Gasteiger partial charge in [0.15, 0.2) is 5.22 Å². The fourth-order valence-corrected chi connectivity index (χ4v) is 2.07. The average Bonchev–Trinajstić information content (AvgIpc) is 2.67. The fraction of sp³-hybridized carbons (Fsp3) is 0.385. The molecule has 1 aromatic carbocycles. The van der Waals surface area contributed by atoms with Gasteiger partial charge in [0, 0.05) is 23.5 Å². The summed E-state index contributed by atoms with van der Waals surface area (Å²) in [7, 11) is 0. The van der Waals surface area contributed by atoms with E-state index in [1.54, 1.807) is 0 Å². The number of hydrogen-bond donors (Lipinski definition) is 2. The van der Waals surface area contributed by atoms with Gasteiger partial charge in [0.25, 0.3) is 0 Å². The molecule has 0 bridgehead atoms. The molecule has 1 aromatic heterocycles. The van der Waals surface area contributed by atoms with Gasteiger partial charge < -0.3 is 14.8 Å². The molecule has 0 aliphatic carbocycles. The molecule has 1 atom stereocenters. The number of fused-ring (bicyclic) bond motifs is 1. The summed E-state index contributed by atoms with van der Waals surface area (Å²) in [6.07, 6.45) is 0.879. The Morgan fingerprint density at radius 1 is 1.41 bits per heavy atom. The molecular weight excluding hydrogens is 238 g/mol. The Morgan fingerprint density at radius 3 is 2.88 bits per heavy atom. The number of halogens is 1. The predicted octanol–water partition coefficient (Wildman–Crippen LogP) is 2.95. The Morgan fingerprint density at radius 2 is 2.18 bits per heavy atom. The lowest BCUT2D eigenvalue weighted by Crippen LogP contribution is -2.31. The van der Waals surface area contributed by atoms with Crippen LogP contribution in [-0.2, 0) is 6.54 Å². The minimum absolute atomic E-state index is 0.0970. The van der Waals surface area contributed by atoms with Crippen LogP contribution in [0.4, 0.5) is 0 Å². The summed E-state index contributed by atoms with van der Waals surface area (Å²) in [4.78, 5) is 0. The smallest absolute Gasteiger partial charge is 0.199 e. The van der Waals surface area contributed by atoms with E-state index in [4.69, 9.17) is 21.1 Å². The molecule has 0 aliphatic heterocycles. The molecule has 0 amide bonds. The van der Waals surface area contributed by atoms with Crippen molar-refractivity contribution >= 4 is 22.6 Å². The number of rotatable bonds is 5. The second-order valence-electron chi connectivity index (χ2n) is 4.02. The van der Waals surface area contributed by atoms with E-state index in [0.717, 1.165) is 23.0 Å². The van der Waals surface area contributed by atoms with Crippen LogP contribution in [0.5, 0.6) is 0 Å². The van der Waals surface area contributed by atoms with Crippen LogP contribution in [0, 0.1) is 0 Å². The van der Waals surface area contributed by atoms with E-state index in [2.05, 4.69) is 5.32 Å². The Kier molecular flexibility index (Phi) is 4.05. The van der Waals surface area contributed by atoms with Gasteiger partial charge >= 0.3 is 0 Å². The number of benzene rings is 1. The van der Waals surface area contributed by atoms with Gasteiger partial charge in [0.05, 0.1) is 6.61 Å². The molecule has 92 valence electrons. The third kappa shape index (κ3) is 2.63. The fourth-order valence-electron chi connectivity index (χ4n) is 1.82. The Bertz CT molecular complexity index is 491. The molecule has 0 aliphatic rings. The van der Waals surface area contributed by atoms with Gasteiger partial charge in [-0.05, 0) is 24.1 Å². The van der Waals surface area contributed by atoms with Crippen molar-refractivity contribution in [1.29, 1.82) is 0 Å². The van der Waals surface area contributed by atoms with Gasteiger partial charge in [0.2, 0.25) is 0 Å². The molecule has 1 unspecified atom stereocenters. The standard InChI is InChI=1S/C13H16ClNO2/c1-2-9(8-16)15-7-11-10-5-3-4-6-12(10)17-13(11)14/h3-6,9,15-16H,2,7-8H2,1H3. The lowest BCUT2D eigenvalue weighted by atomic mass is 10.1. The monoisotopic (exact) mass is 253 g/mol. The SMILES string of the molecule is CCC(CO)NCc1c(Cl)oc2ccccc12. The van der Waals surface area contributed by atoms with Crippen molar-refractivity contribution in [1.82, 2.24) is 5.32 Å². The molecule has 0 fully saturated rings. The summed E-state index contributed by atoms with van der Waals surface area (Å²) >= 11 is 6.07. The van der Waals surface area contributed by atoms with Crippen LogP contribution in [0.3, 0.4) is 0 Å². The minimum atomic E-state index is 0.0970. The lowest BCUT2D eigenvalue weighted by molar-refractivity contribution is 0.238. The minimum Gasteiger partial charge on any atom is -0.444 e. The molecule has 2 rings (SSSR count). The maximum Gasteiger partial charge on any atom is 0.199 e.